The van der Waals surface area contributed by atoms with Crippen LogP contribution in [0, 0.1) is 5.82 Å². The van der Waals surface area contributed by atoms with Crippen molar-refractivity contribution < 1.29 is 4.39 Å². The third-order valence-electron chi connectivity index (χ3n) is 5.57. The average Bonchev–Trinajstić information content (AvgIpc) is 3.53. The summed E-state index contributed by atoms with van der Waals surface area (Å²) in [4.78, 5) is 10.7. The van der Waals surface area contributed by atoms with Gasteiger partial charge < -0.3 is 14.5 Å². The van der Waals surface area contributed by atoms with Gasteiger partial charge in [0.15, 0.2) is 0 Å². The first kappa shape index (κ1) is 19.2. The van der Waals surface area contributed by atoms with Gasteiger partial charge in [-0.15, -0.1) is 10.2 Å². The van der Waals surface area contributed by atoms with Crippen molar-refractivity contribution in [3.05, 3.63) is 102 Å². The monoisotopic (exact) mass is 414 g/mol. The number of hydrogen-bond donors (Lipinski definition) is 2. The molecular formula is C24H23FN6. The molecule has 0 atom stereocenters. The van der Waals surface area contributed by atoms with Crippen molar-refractivity contribution >= 4 is 10.9 Å². The van der Waals surface area contributed by atoms with Gasteiger partial charge in [0.25, 0.3) is 0 Å². The van der Waals surface area contributed by atoms with Gasteiger partial charge in [0.1, 0.15) is 17.5 Å². The zero-order chi connectivity index (χ0) is 21.0. The van der Waals surface area contributed by atoms with E-state index in [1.807, 2.05) is 24.5 Å². The lowest BCUT2D eigenvalue weighted by atomic mass is 10.1. The number of nitrogens with one attached hydrogen (secondary N) is 2. The Morgan fingerprint density at radius 1 is 0.903 bits per heavy atom. The molecule has 31 heavy (non-hydrogen) atoms. The molecule has 0 spiro atoms. The highest BCUT2D eigenvalue weighted by molar-refractivity contribution is 5.83. The number of aryl methyl sites for hydroxylation is 1. The van der Waals surface area contributed by atoms with Gasteiger partial charge in [-0.2, -0.15) is 0 Å². The molecule has 0 radical (unpaired) electrons. The van der Waals surface area contributed by atoms with E-state index in [0.29, 0.717) is 12.8 Å². The van der Waals surface area contributed by atoms with Crippen LogP contribution in [0.3, 0.4) is 0 Å². The van der Waals surface area contributed by atoms with Gasteiger partial charge in [-0.05, 0) is 42.2 Å². The van der Waals surface area contributed by atoms with Crippen LogP contribution in [0.25, 0.3) is 10.9 Å². The van der Waals surface area contributed by atoms with Gasteiger partial charge in [0.05, 0.1) is 12.0 Å². The first-order valence-corrected chi connectivity index (χ1v) is 10.4. The molecule has 0 saturated carbocycles. The Labute approximate surface area is 179 Å². The van der Waals surface area contributed by atoms with Crippen LogP contribution < -0.4 is 0 Å². The summed E-state index contributed by atoms with van der Waals surface area (Å²) in [5.41, 5.74) is 4.38. The minimum atomic E-state index is -0.232. The zero-order valence-corrected chi connectivity index (χ0v) is 17.1. The van der Waals surface area contributed by atoms with Crippen molar-refractivity contribution in [3.63, 3.8) is 0 Å². The second kappa shape index (κ2) is 8.55. The molecule has 0 aliphatic rings. The van der Waals surface area contributed by atoms with Crippen LogP contribution in [-0.4, -0.2) is 29.7 Å². The molecule has 2 N–H and O–H groups in total. The Balaban J connectivity index is 1.41. The molecule has 2 aromatic carbocycles. The number of aromatic amines is 2. The number of hydrogen-bond acceptors (Lipinski definition) is 3. The standard InChI is InChI=1S/C24H23FN6/c25-19-9-7-17(8-10-19)12-23-29-30-24(31(23)11-3-4-20-15-26-16-28-20)13-18-14-27-22-6-2-1-5-21(18)22/h1-2,5-10,14-16,27H,3-4,11-13H2,(H,26,28). The maximum absolute atomic E-state index is 13.3. The molecule has 0 saturated heterocycles. The minimum Gasteiger partial charge on any atom is -0.361 e. The molecular weight excluding hydrogens is 391 g/mol. The molecule has 7 heteroatoms. The molecule has 0 bridgehead atoms. The van der Waals surface area contributed by atoms with E-state index in [-0.39, 0.29) is 5.82 Å². The van der Waals surface area contributed by atoms with Crippen molar-refractivity contribution in [2.45, 2.75) is 32.2 Å². The summed E-state index contributed by atoms with van der Waals surface area (Å²) in [6.07, 6.45) is 8.80. The fourth-order valence-electron chi connectivity index (χ4n) is 3.97. The van der Waals surface area contributed by atoms with E-state index in [4.69, 9.17) is 0 Å². The van der Waals surface area contributed by atoms with E-state index >= 15 is 0 Å². The number of para-hydroxylation sites is 1. The van der Waals surface area contributed by atoms with E-state index in [9.17, 15) is 4.39 Å². The second-order valence-corrected chi connectivity index (χ2v) is 7.69. The third-order valence-corrected chi connectivity index (χ3v) is 5.57. The largest absolute Gasteiger partial charge is 0.361 e. The van der Waals surface area contributed by atoms with Crippen LogP contribution in [0.4, 0.5) is 4.39 Å². The highest BCUT2D eigenvalue weighted by atomic mass is 19.1. The molecule has 0 fully saturated rings. The van der Waals surface area contributed by atoms with Crippen molar-refractivity contribution in [2.24, 2.45) is 0 Å². The maximum Gasteiger partial charge on any atom is 0.137 e. The highest BCUT2D eigenvalue weighted by Gasteiger charge is 2.15. The summed E-state index contributed by atoms with van der Waals surface area (Å²) in [5.74, 6) is 1.59. The summed E-state index contributed by atoms with van der Waals surface area (Å²) in [7, 11) is 0. The zero-order valence-electron chi connectivity index (χ0n) is 17.1. The number of H-pyrrole nitrogens is 2. The van der Waals surface area contributed by atoms with Gasteiger partial charge in [-0.1, -0.05) is 30.3 Å². The first-order chi connectivity index (χ1) is 15.3. The molecule has 0 aliphatic carbocycles. The summed E-state index contributed by atoms with van der Waals surface area (Å²) in [6.45, 7) is 0.800. The summed E-state index contributed by atoms with van der Waals surface area (Å²) in [5, 5.41) is 10.2. The Morgan fingerprint density at radius 2 is 1.71 bits per heavy atom. The quantitative estimate of drug-likeness (QED) is 0.394. The van der Waals surface area contributed by atoms with Crippen LogP contribution in [-0.2, 0) is 25.8 Å². The van der Waals surface area contributed by atoms with E-state index in [1.165, 1.54) is 23.1 Å². The van der Waals surface area contributed by atoms with Crippen molar-refractivity contribution in [1.29, 1.82) is 0 Å². The van der Waals surface area contributed by atoms with E-state index in [1.54, 1.807) is 18.5 Å². The smallest absolute Gasteiger partial charge is 0.137 e. The number of imidazole rings is 1. The molecule has 5 aromatic rings. The van der Waals surface area contributed by atoms with Crippen LogP contribution >= 0.6 is 0 Å². The predicted molar refractivity (Wildman–Crippen MR) is 117 cm³/mol. The molecule has 0 amide bonds. The molecule has 3 heterocycles. The minimum absolute atomic E-state index is 0.232. The Morgan fingerprint density at radius 3 is 2.52 bits per heavy atom. The number of rotatable bonds is 8. The van der Waals surface area contributed by atoms with Gasteiger partial charge in [0.2, 0.25) is 0 Å². The Hall–Kier alpha value is -3.74. The molecule has 6 nitrogen and oxygen atoms in total. The van der Waals surface area contributed by atoms with Crippen molar-refractivity contribution in [3.8, 4) is 0 Å². The molecule has 5 rings (SSSR count). The summed E-state index contributed by atoms with van der Waals surface area (Å²) >= 11 is 0. The van der Waals surface area contributed by atoms with E-state index in [2.05, 4.69) is 41.8 Å². The van der Waals surface area contributed by atoms with E-state index in [0.717, 1.165) is 47.8 Å². The Bertz CT molecular complexity index is 1270. The number of aromatic nitrogens is 6. The van der Waals surface area contributed by atoms with Crippen molar-refractivity contribution in [2.75, 3.05) is 0 Å². The molecule has 156 valence electrons. The van der Waals surface area contributed by atoms with Crippen LogP contribution in [0.15, 0.2) is 67.3 Å². The van der Waals surface area contributed by atoms with Gasteiger partial charge >= 0.3 is 0 Å². The summed E-state index contributed by atoms with van der Waals surface area (Å²) < 4.78 is 15.5. The van der Waals surface area contributed by atoms with Crippen LogP contribution in [0.1, 0.15) is 34.9 Å². The predicted octanol–water partition coefficient (Wildman–Crippen LogP) is 4.44. The Kier molecular flexibility index (Phi) is 5.31. The van der Waals surface area contributed by atoms with Crippen LogP contribution in [0.2, 0.25) is 0 Å². The fraction of sp³-hybridized carbons (Fsp3) is 0.208. The third kappa shape index (κ3) is 4.26. The van der Waals surface area contributed by atoms with Crippen molar-refractivity contribution in [1.82, 2.24) is 29.7 Å². The normalized spacial score (nSPS) is 11.4. The summed E-state index contributed by atoms with van der Waals surface area (Å²) in [6, 6.07) is 14.9. The fourth-order valence-corrected chi connectivity index (χ4v) is 3.97. The number of halogens is 1. The lowest BCUT2D eigenvalue weighted by Crippen LogP contribution is -2.10. The first-order valence-electron chi connectivity index (χ1n) is 10.4. The highest BCUT2D eigenvalue weighted by Crippen LogP contribution is 2.21. The number of fused-ring (bicyclic) bond motifs is 1. The number of nitrogens with zero attached hydrogens (tertiary/aromatic N) is 4. The molecule has 3 aromatic heterocycles. The van der Waals surface area contributed by atoms with E-state index < -0.39 is 0 Å². The lowest BCUT2D eigenvalue weighted by molar-refractivity contribution is 0.593. The van der Waals surface area contributed by atoms with Crippen LogP contribution in [0.5, 0.6) is 0 Å². The van der Waals surface area contributed by atoms with Gasteiger partial charge in [-0.25, -0.2) is 9.37 Å². The maximum atomic E-state index is 13.3. The van der Waals surface area contributed by atoms with Gasteiger partial charge in [0, 0.05) is 42.7 Å². The van der Waals surface area contributed by atoms with Gasteiger partial charge in [-0.3, -0.25) is 0 Å². The lowest BCUT2D eigenvalue weighted by Gasteiger charge is -2.10. The molecule has 0 aliphatic heterocycles. The molecule has 0 unspecified atom stereocenters. The second-order valence-electron chi connectivity index (χ2n) is 7.69. The SMILES string of the molecule is Fc1ccc(Cc2nnc(Cc3c[nH]c4ccccc34)n2CCCc2c[nH]cn2)cc1. The topological polar surface area (TPSA) is 75.2 Å². The average molecular weight is 414 g/mol. The number of benzene rings is 2.